The Bertz CT molecular complexity index is 328. The number of nitrogens with zero attached hydrogens (tertiary/aromatic N) is 1. The van der Waals surface area contributed by atoms with E-state index < -0.39 is 0 Å². The molecular weight excluding hydrogens is 212 g/mol. The van der Waals surface area contributed by atoms with Crippen LogP contribution in [0.3, 0.4) is 0 Å². The van der Waals surface area contributed by atoms with Crippen LogP contribution >= 0.6 is 11.6 Å². The molecule has 0 amide bonds. The van der Waals surface area contributed by atoms with Gasteiger partial charge in [0.15, 0.2) is 0 Å². The Labute approximate surface area is 94.5 Å². The maximum atomic E-state index is 9.63. The second kappa shape index (κ2) is 4.92. The Hall–Kier alpha value is -0.640. The molecule has 15 heavy (non-hydrogen) atoms. The first-order chi connectivity index (χ1) is 7.27. The van der Waals surface area contributed by atoms with Crippen LogP contribution in [-0.2, 0) is 6.54 Å². The maximum Gasteiger partial charge on any atom is 0.0692 e. The number of aromatic nitrogens is 1. The van der Waals surface area contributed by atoms with Gasteiger partial charge in [-0.3, -0.25) is 4.98 Å². The van der Waals surface area contributed by atoms with E-state index in [0.29, 0.717) is 24.0 Å². The van der Waals surface area contributed by atoms with Crippen molar-refractivity contribution in [3.05, 3.63) is 29.0 Å². The third-order valence-electron chi connectivity index (χ3n) is 2.69. The van der Waals surface area contributed by atoms with Gasteiger partial charge in [-0.25, -0.2) is 0 Å². The number of aliphatic hydroxyl groups excluding tert-OH is 1. The fourth-order valence-electron chi connectivity index (χ4n) is 1.55. The summed E-state index contributed by atoms with van der Waals surface area (Å²) in [6, 6.07) is 1.89. The number of pyridine rings is 1. The quantitative estimate of drug-likeness (QED) is 0.802. The van der Waals surface area contributed by atoms with E-state index in [1.807, 2.05) is 6.07 Å². The fraction of sp³-hybridized carbons (Fsp3) is 0.545. The van der Waals surface area contributed by atoms with Gasteiger partial charge in [-0.2, -0.15) is 0 Å². The topological polar surface area (TPSA) is 45.1 Å². The van der Waals surface area contributed by atoms with Crippen LogP contribution in [0.4, 0.5) is 0 Å². The van der Waals surface area contributed by atoms with Crippen LogP contribution < -0.4 is 5.32 Å². The molecule has 1 saturated carbocycles. The predicted octanol–water partition coefficient (Wildman–Crippen LogP) is 1.60. The van der Waals surface area contributed by atoms with Crippen LogP contribution in [-0.4, -0.2) is 22.7 Å². The Kier molecular flexibility index (Phi) is 3.57. The zero-order valence-electron chi connectivity index (χ0n) is 8.49. The Morgan fingerprint density at radius 3 is 3.07 bits per heavy atom. The van der Waals surface area contributed by atoms with Crippen LogP contribution in [0, 0.1) is 5.92 Å². The van der Waals surface area contributed by atoms with Gasteiger partial charge in [0.2, 0.25) is 0 Å². The summed E-state index contributed by atoms with van der Waals surface area (Å²) in [7, 11) is 0. The molecule has 0 bridgehead atoms. The van der Waals surface area contributed by atoms with Crippen molar-refractivity contribution in [3.63, 3.8) is 0 Å². The lowest BCUT2D eigenvalue weighted by Gasteiger charge is -2.10. The van der Waals surface area contributed by atoms with Crippen molar-refractivity contribution in [2.24, 2.45) is 5.92 Å². The monoisotopic (exact) mass is 226 g/mol. The van der Waals surface area contributed by atoms with Gasteiger partial charge in [0.1, 0.15) is 0 Å². The lowest BCUT2D eigenvalue weighted by atomic mass is 10.2. The van der Waals surface area contributed by atoms with Gasteiger partial charge in [-0.15, -0.1) is 0 Å². The summed E-state index contributed by atoms with van der Waals surface area (Å²) in [5.74, 6) is 0.519. The van der Waals surface area contributed by atoms with Gasteiger partial charge in [-0.05, 0) is 30.4 Å². The first kappa shape index (κ1) is 10.9. The average Bonchev–Trinajstić information content (AvgIpc) is 3.04. The highest BCUT2D eigenvalue weighted by atomic mass is 35.5. The van der Waals surface area contributed by atoms with E-state index in [-0.39, 0.29) is 6.10 Å². The highest BCUT2D eigenvalue weighted by molar-refractivity contribution is 6.31. The first-order valence-electron chi connectivity index (χ1n) is 5.24. The number of aliphatic hydroxyl groups is 1. The molecule has 1 aromatic rings. The second-order valence-electron chi connectivity index (χ2n) is 4.00. The van der Waals surface area contributed by atoms with E-state index in [2.05, 4.69) is 10.3 Å². The molecular formula is C11H15ClN2O. The molecule has 0 radical (unpaired) electrons. The van der Waals surface area contributed by atoms with E-state index in [1.54, 1.807) is 12.4 Å². The summed E-state index contributed by atoms with van der Waals surface area (Å²) in [4.78, 5) is 3.92. The molecule has 2 rings (SSSR count). The molecule has 2 N–H and O–H groups in total. The number of halogens is 1. The minimum Gasteiger partial charge on any atom is -0.392 e. The third-order valence-corrected chi connectivity index (χ3v) is 3.03. The lowest BCUT2D eigenvalue weighted by molar-refractivity contribution is 0.148. The summed E-state index contributed by atoms with van der Waals surface area (Å²) in [5.41, 5.74) is 1.02. The Balaban J connectivity index is 1.75. The smallest absolute Gasteiger partial charge is 0.0692 e. The zero-order valence-corrected chi connectivity index (χ0v) is 9.24. The summed E-state index contributed by atoms with van der Waals surface area (Å²) in [6.45, 7) is 1.33. The largest absolute Gasteiger partial charge is 0.392 e. The van der Waals surface area contributed by atoms with Crippen LogP contribution in [0.5, 0.6) is 0 Å². The van der Waals surface area contributed by atoms with Crippen molar-refractivity contribution in [3.8, 4) is 0 Å². The standard InChI is InChI=1S/C11H15ClN2O/c12-10-6-13-4-3-9(10)5-14-7-11(15)8-1-2-8/h3-4,6,8,11,14-15H,1-2,5,7H2. The SMILES string of the molecule is OC(CNCc1ccncc1Cl)C1CC1. The zero-order chi connectivity index (χ0) is 10.7. The van der Waals surface area contributed by atoms with Crippen LogP contribution in [0.1, 0.15) is 18.4 Å². The number of rotatable bonds is 5. The van der Waals surface area contributed by atoms with Crippen molar-refractivity contribution >= 4 is 11.6 Å². The molecule has 1 fully saturated rings. The molecule has 1 aliphatic rings. The number of nitrogens with one attached hydrogen (secondary N) is 1. The number of hydrogen-bond donors (Lipinski definition) is 2. The average molecular weight is 227 g/mol. The van der Waals surface area contributed by atoms with Crippen molar-refractivity contribution in [1.29, 1.82) is 0 Å². The van der Waals surface area contributed by atoms with E-state index >= 15 is 0 Å². The molecule has 0 aromatic carbocycles. The van der Waals surface area contributed by atoms with Gasteiger partial charge in [0.05, 0.1) is 11.1 Å². The van der Waals surface area contributed by atoms with E-state index in [9.17, 15) is 5.11 Å². The molecule has 4 heteroatoms. The molecule has 1 aromatic heterocycles. The summed E-state index contributed by atoms with van der Waals surface area (Å²) < 4.78 is 0. The van der Waals surface area contributed by atoms with Crippen molar-refractivity contribution < 1.29 is 5.11 Å². The molecule has 0 saturated heterocycles. The first-order valence-corrected chi connectivity index (χ1v) is 5.62. The Morgan fingerprint density at radius 1 is 1.60 bits per heavy atom. The minimum atomic E-state index is -0.203. The summed E-state index contributed by atoms with van der Waals surface area (Å²) in [6.07, 6.45) is 5.49. The normalized spacial score (nSPS) is 17.7. The van der Waals surface area contributed by atoms with Gasteiger partial charge in [0, 0.05) is 25.5 Å². The van der Waals surface area contributed by atoms with Gasteiger partial charge < -0.3 is 10.4 Å². The minimum absolute atomic E-state index is 0.203. The molecule has 1 aliphatic carbocycles. The molecule has 1 heterocycles. The maximum absolute atomic E-state index is 9.63. The summed E-state index contributed by atoms with van der Waals surface area (Å²) in [5, 5.41) is 13.5. The van der Waals surface area contributed by atoms with E-state index in [0.717, 1.165) is 5.56 Å². The molecule has 3 nitrogen and oxygen atoms in total. The van der Waals surface area contributed by atoms with Crippen LogP contribution in [0.15, 0.2) is 18.5 Å². The second-order valence-corrected chi connectivity index (χ2v) is 4.41. The third kappa shape index (κ3) is 3.16. The van der Waals surface area contributed by atoms with Gasteiger partial charge >= 0.3 is 0 Å². The van der Waals surface area contributed by atoms with Crippen LogP contribution in [0.25, 0.3) is 0 Å². The molecule has 1 atom stereocenters. The predicted molar refractivity (Wildman–Crippen MR) is 59.7 cm³/mol. The molecule has 0 aliphatic heterocycles. The van der Waals surface area contributed by atoms with Gasteiger partial charge in [0.25, 0.3) is 0 Å². The fourth-order valence-corrected chi connectivity index (χ4v) is 1.74. The molecule has 1 unspecified atom stereocenters. The Morgan fingerprint density at radius 2 is 2.40 bits per heavy atom. The highest BCUT2D eigenvalue weighted by Crippen LogP contribution is 2.32. The van der Waals surface area contributed by atoms with Crippen molar-refractivity contribution in [2.45, 2.75) is 25.5 Å². The van der Waals surface area contributed by atoms with E-state index in [4.69, 9.17) is 11.6 Å². The number of hydrogen-bond acceptors (Lipinski definition) is 3. The van der Waals surface area contributed by atoms with Crippen molar-refractivity contribution in [2.75, 3.05) is 6.54 Å². The van der Waals surface area contributed by atoms with E-state index in [1.165, 1.54) is 12.8 Å². The highest BCUT2D eigenvalue weighted by Gasteiger charge is 2.29. The molecule has 0 spiro atoms. The van der Waals surface area contributed by atoms with Crippen molar-refractivity contribution in [1.82, 2.24) is 10.3 Å². The van der Waals surface area contributed by atoms with Crippen LogP contribution in [0.2, 0.25) is 5.02 Å². The molecule has 82 valence electrons. The lowest BCUT2D eigenvalue weighted by Crippen LogP contribution is -2.27. The summed E-state index contributed by atoms with van der Waals surface area (Å²) >= 11 is 5.95. The van der Waals surface area contributed by atoms with Gasteiger partial charge in [-0.1, -0.05) is 11.6 Å².